The lowest BCUT2D eigenvalue weighted by atomic mass is 10.1. The Morgan fingerprint density at radius 1 is 1.14 bits per heavy atom. The van der Waals surface area contributed by atoms with E-state index in [-0.39, 0.29) is 0 Å². The van der Waals surface area contributed by atoms with Crippen molar-refractivity contribution in [2.75, 3.05) is 7.11 Å². The van der Waals surface area contributed by atoms with E-state index in [9.17, 15) is 0 Å². The maximum atomic E-state index is 5.15. The minimum absolute atomic E-state index is 0.469. The molecule has 0 atom stereocenters. The van der Waals surface area contributed by atoms with Crippen LogP contribution in [0.25, 0.3) is 27.0 Å². The number of ether oxygens (including phenoxy) is 1. The first kappa shape index (κ1) is 17.3. The Morgan fingerprint density at radius 2 is 2.07 bits per heavy atom. The van der Waals surface area contributed by atoms with Crippen molar-refractivity contribution >= 4 is 39.0 Å². The van der Waals surface area contributed by atoms with Crippen molar-refractivity contribution in [2.45, 2.75) is 16.7 Å². The summed E-state index contributed by atoms with van der Waals surface area (Å²) >= 11 is 3.00. The van der Waals surface area contributed by atoms with E-state index in [2.05, 4.69) is 37.5 Å². The smallest absolute Gasteiger partial charge is 0.235 e. The number of rotatable bonds is 5. The van der Waals surface area contributed by atoms with Gasteiger partial charge in [0, 0.05) is 48.0 Å². The highest BCUT2D eigenvalue weighted by molar-refractivity contribution is 7.99. The summed E-state index contributed by atoms with van der Waals surface area (Å²) in [5.74, 6) is 0. The molecule has 8 nitrogen and oxygen atoms in total. The maximum Gasteiger partial charge on any atom is 0.235 e. The largest absolute Gasteiger partial charge is 0.377 e. The molecule has 4 heterocycles. The molecule has 0 aliphatic carbocycles. The first-order valence-corrected chi connectivity index (χ1v) is 10.1. The third kappa shape index (κ3) is 3.15. The SMILES string of the molecule is COCc1nn2c(Sc3ccc4ncc(-c5cnn(C)c5)cc4c3)nnc2s1. The number of aromatic nitrogens is 7. The first-order valence-electron chi connectivity index (χ1n) is 8.46. The molecule has 0 amide bonds. The molecule has 1 aromatic carbocycles. The van der Waals surface area contributed by atoms with Crippen LogP contribution >= 0.6 is 23.1 Å². The monoisotopic (exact) mass is 409 g/mol. The quantitative estimate of drug-likeness (QED) is 0.440. The van der Waals surface area contributed by atoms with Gasteiger partial charge < -0.3 is 4.74 Å². The van der Waals surface area contributed by atoms with Crippen LogP contribution in [0.1, 0.15) is 5.01 Å². The second-order valence-electron chi connectivity index (χ2n) is 6.19. The molecule has 0 saturated heterocycles. The fraction of sp³-hybridized carbons (Fsp3) is 0.167. The van der Waals surface area contributed by atoms with Gasteiger partial charge in [0.25, 0.3) is 0 Å². The number of benzene rings is 1. The zero-order chi connectivity index (χ0) is 19.1. The Hall–Kier alpha value is -2.82. The summed E-state index contributed by atoms with van der Waals surface area (Å²) in [6, 6.07) is 8.28. The van der Waals surface area contributed by atoms with Crippen molar-refractivity contribution in [1.29, 1.82) is 0 Å². The summed E-state index contributed by atoms with van der Waals surface area (Å²) in [6.45, 7) is 0.469. The minimum Gasteiger partial charge on any atom is -0.377 e. The van der Waals surface area contributed by atoms with E-state index in [4.69, 9.17) is 4.74 Å². The van der Waals surface area contributed by atoms with Gasteiger partial charge in [-0.05, 0) is 36.0 Å². The second-order valence-corrected chi connectivity index (χ2v) is 8.27. The predicted molar refractivity (Wildman–Crippen MR) is 107 cm³/mol. The van der Waals surface area contributed by atoms with Crippen molar-refractivity contribution < 1.29 is 4.74 Å². The molecular formula is C18H15N7OS2. The van der Waals surface area contributed by atoms with Crippen LogP contribution in [0.4, 0.5) is 0 Å². The average molecular weight is 410 g/mol. The number of hydrogen-bond donors (Lipinski definition) is 0. The number of hydrogen-bond acceptors (Lipinski definition) is 8. The van der Waals surface area contributed by atoms with Crippen molar-refractivity contribution in [3.63, 3.8) is 0 Å². The van der Waals surface area contributed by atoms with Gasteiger partial charge in [0.05, 0.1) is 18.3 Å². The van der Waals surface area contributed by atoms with E-state index >= 15 is 0 Å². The van der Waals surface area contributed by atoms with Crippen molar-refractivity contribution in [3.05, 3.63) is 47.9 Å². The fourth-order valence-electron chi connectivity index (χ4n) is 2.89. The molecule has 0 spiro atoms. The molecule has 4 aromatic heterocycles. The number of pyridine rings is 1. The maximum absolute atomic E-state index is 5.15. The van der Waals surface area contributed by atoms with Crippen LogP contribution in [0.2, 0.25) is 0 Å². The summed E-state index contributed by atoms with van der Waals surface area (Å²) in [7, 11) is 3.56. The number of aryl methyl sites for hydroxylation is 1. The molecule has 0 N–H and O–H groups in total. The van der Waals surface area contributed by atoms with Gasteiger partial charge in [-0.2, -0.15) is 14.7 Å². The van der Waals surface area contributed by atoms with Gasteiger partial charge in [-0.25, -0.2) is 0 Å². The highest BCUT2D eigenvalue weighted by Crippen LogP contribution is 2.31. The lowest BCUT2D eigenvalue weighted by Crippen LogP contribution is -1.92. The Morgan fingerprint density at radius 3 is 2.89 bits per heavy atom. The molecule has 0 radical (unpaired) electrons. The van der Waals surface area contributed by atoms with Crippen molar-refractivity contribution in [2.24, 2.45) is 7.05 Å². The Balaban J connectivity index is 1.49. The van der Waals surface area contributed by atoms with E-state index in [0.717, 1.165) is 42.1 Å². The lowest BCUT2D eigenvalue weighted by Gasteiger charge is -2.04. The number of fused-ring (bicyclic) bond motifs is 2. The third-order valence-electron chi connectivity index (χ3n) is 4.17. The topological polar surface area (TPSA) is 83.0 Å². The van der Waals surface area contributed by atoms with Gasteiger partial charge in [0.2, 0.25) is 10.1 Å². The molecule has 0 aliphatic heterocycles. The normalized spacial score (nSPS) is 11.6. The van der Waals surface area contributed by atoms with Crippen molar-refractivity contribution in [3.8, 4) is 11.1 Å². The van der Waals surface area contributed by atoms with Gasteiger partial charge in [0.1, 0.15) is 5.01 Å². The first-order chi connectivity index (χ1) is 13.7. The number of methoxy groups -OCH3 is 1. The molecule has 0 saturated carbocycles. The van der Waals surface area contributed by atoms with Crippen LogP contribution < -0.4 is 0 Å². The van der Waals surface area contributed by atoms with Crippen molar-refractivity contribution in [1.82, 2.24) is 34.6 Å². The molecular weight excluding hydrogens is 394 g/mol. The molecule has 0 bridgehead atoms. The van der Waals surface area contributed by atoms with E-state index in [1.165, 1.54) is 23.1 Å². The van der Waals surface area contributed by atoms with Gasteiger partial charge in [-0.1, -0.05) is 11.3 Å². The summed E-state index contributed by atoms with van der Waals surface area (Å²) in [4.78, 5) is 6.38. The standard InChI is InChI=1S/C18H15N7OS2/c1-24-9-13(8-20-24)12-5-11-6-14(3-4-15(11)19-7-12)27-17-21-22-18-25(17)23-16(28-18)10-26-2/h3-9H,10H2,1-2H3. The Bertz CT molecular complexity index is 1290. The zero-order valence-electron chi connectivity index (χ0n) is 15.1. The lowest BCUT2D eigenvalue weighted by molar-refractivity contribution is 0.183. The highest BCUT2D eigenvalue weighted by Gasteiger charge is 2.13. The van der Waals surface area contributed by atoms with Gasteiger partial charge >= 0.3 is 0 Å². The zero-order valence-corrected chi connectivity index (χ0v) is 16.7. The van der Waals surface area contributed by atoms with E-state index in [1.807, 2.05) is 37.8 Å². The van der Waals surface area contributed by atoms with E-state index < -0.39 is 0 Å². The van der Waals surface area contributed by atoms with Crippen LogP contribution in [0.5, 0.6) is 0 Å². The molecule has 0 fully saturated rings. The molecule has 28 heavy (non-hydrogen) atoms. The van der Waals surface area contributed by atoms with Gasteiger partial charge in [-0.3, -0.25) is 9.67 Å². The summed E-state index contributed by atoms with van der Waals surface area (Å²) in [6.07, 6.45) is 5.70. The summed E-state index contributed by atoms with van der Waals surface area (Å²) < 4.78 is 8.70. The van der Waals surface area contributed by atoms with Crippen LogP contribution in [0.3, 0.4) is 0 Å². The van der Waals surface area contributed by atoms with Gasteiger partial charge in [0.15, 0.2) is 0 Å². The number of nitrogens with zero attached hydrogens (tertiary/aromatic N) is 7. The summed E-state index contributed by atoms with van der Waals surface area (Å²) in [5.41, 5.74) is 3.03. The van der Waals surface area contributed by atoms with Crippen LogP contribution in [0.15, 0.2) is 52.9 Å². The predicted octanol–water partition coefficient (Wildman–Crippen LogP) is 3.43. The van der Waals surface area contributed by atoms with Gasteiger partial charge in [-0.15, -0.1) is 10.2 Å². The van der Waals surface area contributed by atoms with Crippen LogP contribution in [-0.2, 0) is 18.4 Å². The average Bonchev–Trinajstić information content (AvgIpc) is 3.39. The van der Waals surface area contributed by atoms with Crippen LogP contribution in [0, 0.1) is 0 Å². The Labute approximate surface area is 168 Å². The fourth-order valence-corrected chi connectivity index (χ4v) is 4.58. The molecule has 0 aliphatic rings. The molecule has 5 aromatic rings. The second kappa shape index (κ2) is 6.97. The minimum atomic E-state index is 0.469. The summed E-state index contributed by atoms with van der Waals surface area (Å²) in [5, 5.41) is 19.9. The molecule has 140 valence electrons. The Kier molecular flexibility index (Phi) is 4.30. The van der Waals surface area contributed by atoms with Crippen LogP contribution in [-0.4, -0.2) is 41.7 Å². The molecule has 10 heteroatoms. The van der Waals surface area contributed by atoms with E-state index in [1.54, 1.807) is 16.3 Å². The molecule has 5 rings (SSSR count). The highest BCUT2D eigenvalue weighted by atomic mass is 32.2. The molecule has 0 unspecified atom stereocenters. The van der Waals surface area contributed by atoms with E-state index in [0.29, 0.717) is 6.61 Å². The third-order valence-corrected chi connectivity index (χ3v) is 5.97.